The second-order valence-corrected chi connectivity index (χ2v) is 10.9. The van der Waals surface area contributed by atoms with Crippen molar-refractivity contribution in [1.29, 1.82) is 0 Å². The first-order valence-electron chi connectivity index (χ1n) is 12.5. The first kappa shape index (κ1) is 30.3. The highest BCUT2D eigenvalue weighted by Gasteiger charge is 2.28. The predicted octanol–water partition coefficient (Wildman–Crippen LogP) is 3.68. The van der Waals surface area contributed by atoms with Gasteiger partial charge in [-0.1, -0.05) is 60.7 Å². The summed E-state index contributed by atoms with van der Waals surface area (Å²) >= 11 is 0. The van der Waals surface area contributed by atoms with Gasteiger partial charge in [-0.15, -0.1) is 0 Å². The molecule has 204 valence electrons. The van der Waals surface area contributed by atoms with Gasteiger partial charge in [-0.25, -0.2) is 9.59 Å². The summed E-state index contributed by atoms with van der Waals surface area (Å²) in [5, 5.41) is 5.24. The molecule has 0 spiro atoms. The smallest absolute Gasteiger partial charge is 0.329 e. The highest BCUT2D eigenvalue weighted by atomic mass is 16.6. The minimum Gasteiger partial charge on any atom is -0.458 e. The molecule has 2 unspecified atom stereocenters. The Kier molecular flexibility index (Phi) is 10.8. The molecule has 2 N–H and O–H groups in total. The lowest BCUT2D eigenvalue weighted by Crippen LogP contribution is -2.46. The van der Waals surface area contributed by atoms with Crippen LogP contribution in [-0.4, -0.2) is 47.0 Å². The average molecular weight is 523 g/mol. The van der Waals surface area contributed by atoms with E-state index in [1.165, 1.54) is 0 Å². The summed E-state index contributed by atoms with van der Waals surface area (Å²) in [7, 11) is 0. The number of carbonyl (C=O) groups excluding carboxylic acids is 4. The van der Waals surface area contributed by atoms with Crippen LogP contribution in [-0.2, 0) is 41.5 Å². The van der Waals surface area contributed by atoms with E-state index in [-0.39, 0.29) is 12.8 Å². The lowest BCUT2D eigenvalue weighted by molar-refractivity contribution is -0.159. The summed E-state index contributed by atoms with van der Waals surface area (Å²) in [6.45, 7) is 10.5. The fourth-order valence-corrected chi connectivity index (χ4v) is 3.42. The van der Waals surface area contributed by atoms with Crippen molar-refractivity contribution >= 4 is 23.8 Å². The van der Waals surface area contributed by atoms with Gasteiger partial charge in [0.1, 0.15) is 23.3 Å². The summed E-state index contributed by atoms with van der Waals surface area (Å²) < 4.78 is 10.9. The van der Waals surface area contributed by atoms with Crippen LogP contribution in [0.15, 0.2) is 72.8 Å². The molecular weight excluding hydrogens is 484 g/mol. The molecule has 8 heteroatoms. The van der Waals surface area contributed by atoms with Crippen molar-refractivity contribution in [2.75, 3.05) is 0 Å². The molecule has 2 atom stereocenters. The molecule has 2 aromatic carbocycles. The average Bonchev–Trinajstić information content (AvgIpc) is 2.81. The molecule has 0 fully saturated rings. The molecule has 0 heterocycles. The number of ether oxygens (including phenoxy) is 2. The lowest BCUT2D eigenvalue weighted by Gasteiger charge is -2.24. The van der Waals surface area contributed by atoms with E-state index in [1.807, 2.05) is 60.7 Å². The summed E-state index contributed by atoms with van der Waals surface area (Å²) in [6, 6.07) is 16.5. The zero-order chi connectivity index (χ0) is 28.3. The zero-order valence-corrected chi connectivity index (χ0v) is 22.9. The third-order valence-electron chi connectivity index (χ3n) is 4.97. The van der Waals surface area contributed by atoms with Crippen LogP contribution in [0.3, 0.4) is 0 Å². The van der Waals surface area contributed by atoms with Gasteiger partial charge in [0, 0.05) is 25.0 Å². The largest absolute Gasteiger partial charge is 0.458 e. The van der Waals surface area contributed by atoms with E-state index in [2.05, 4.69) is 10.6 Å². The molecule has 38 heavy (non-hydrogen) atoms. The summed E-state index contributed by atoms with van der Waals surface area (Å²) in [6.07, 6.45) is 2.48. The zero-order valence-electron chi connectivity index (χ0n) is 22.9. The molecule has 0 aliphatic rings. The van der Waals surface area contributed by atoms with E-state index >= 15 is 0 Å². The third-order valence-corrected chi connectivity index (χ3v) is 4.97. The normalized spacial score (nSPS) is 13.3. The molecule has 0 bridgehead atoms. The minimum absolute atomic E-state index is 0.222. The van der Waals surface area contributed by atoms with Crippen LogP contribution < -0.4 is 10.6 Å². The Hall–Kier alpha value is -3.94. The second-order valence-electron chi connectivity index (χ2n) is 10.9. The molecule has 0 aliphatic heterocycles. The number of esters is 2. The van der Waals surface area contributed by atoms with Crippen molar-refractivity contribution in [2.24, 2.45) is 0 Å². The highest BCUT2D eigenvalue weighted by molar-refractivity contribution is 5.99. The molecule has 2 aromatic rings. The number of nitrogens with one attached hydrogen (secondary N) is 2. The number of carbonyl (C=O) groups is 4. The van der Waals surface area contributed by atoms with Crippen molar-refractivity contribution in [3.8, 4) is 0 Å². The first-order valence-corrected chi connectivity index (χ1v) is 12.5. The van der Waals surface area contributed by atoms with Crippen LogP contribution in [0.1, 0.15) is 52.7 Å². The van der Waals surface area contributed by atoms with Crippen molar-refractivity contribution < 1.29 is 28.7 Å². The fourth-order valence-electron chi connectivity index (χ4n) is 3.42. The first-order chi connectivity index (χ1) is 17.7. The Morgan fingerprint density at radius 2 is 0.947 bits per heavy atom. The summed E-state index contributed by atoms with van der Waals surface area (Å²) in [5.41, 5.74) is 0.210. The molecule has 8 nitrogen and oxygen atoms in total. The number of hydrogen-bond donors (Lipinski definition) is 2. The molecular formula is C30H38N2O6. The van der Waals surface area contributed by atoms with E-state index in [0.29, 0.717) is 0 Å². The molecule has 0 saturated carbocycles. The van der Waals surface area contributed by atoms with Gasteiger partial charge < -0.3 is 20.1 Å². The fraction of sp³-hybridized carbons (Fsp3) is 0.400. The second kappa shape index (κ2) is 13.6. The van der Waals surface area contributed by atoms with Crippen LogP contribution in [0.25, 0.3) is 0 Å². The van der Waals surface area contributed by atoms with Crippen molar-refractivity contribution in [1.82, 2.24) is 10.6 Å². The van der Waals surface area contributed by atoms with Crippen molar-refractivity contribution in [3.05, 3.63) is 83.9 Å². The number of benzene rings is 2. The third kappa shape index (κ3) is 11.9. The van der Waals surface area contributed by atoms with Crippen molar-refractivity contribution in [3.63, 3.8) is 0 Å². The maximum Gasteiger partial charge on any atom is 0.329 e. The topological polar surface area (TPSA) is 111 Å². The van der Waals surface area contributed by atoms with Crippen LogP contribution in [0, 0.1) is 0 Å². The van der Waals surface area contributed by atoms with Crippen LogP contribution >= 0.6 is 0 Å². The minimum atomic E-state index is -0.954. The standard InChI is InChI=1S/C30H38N2O6/c1-29(2,3)37-27(35)23(19-21-13-9-7-10-14-21)31-25(33)17-18-26(34)32-24(28(36)38-30(4,5)6)20-22-15-11-8-12-16-22/h7-18,23-24H,19-20H2,1-6H3,(H,31,33)(H,32,34). The van der Waals surface area contributed by atoms with Gasteiger partial charge in [0.15, 0.2) is 0 Å². The molecule has 0 radical (unpaired) electrons. The Morgan fingerprint density at radius 1 is 0.632 bits per heavy atom. The van der Waals surface area contributed by atoms with Gasteiger partial charge in [-0.2, -0.15) is 0 Å². The maximum absolute atomic E-state index is 12.8. The predicted molar refractivity (Wildman–Crippen MR) is 145 cm³/mol. The molecule has 0 saturated heterocycles. The van der Waals surface area contributed by atoms with E-state index in [0.717, 1.165) is 23.3 Å². The monoisotopic (exact) mass is 522 g/mol. The Morgan fingerprint density at radius 3 is 1.24 bits per heavy atom. The number of amides is 2. The maximum atomic E-state index is 12.8. The number of hydrogen-bond acceptors (Lipinski definition) is 6. The lowest BCUT2D eigenvalue weighted by atomic mass is 10.1. The molecule has 2 rings (SSSR count). The Labute approximate surface area is 224 Å². The van der Waals surface area contributed by atoms with Gasteiger partial charge in [0.25, 0.3) is 0 Å². The van der Waals surface area contributed by atoms with E-state index in [9.17, 15) is 19.2 Å². The Bertz CT molecular complexity index is 1030. The Balaban J connectivity index is 2.09. The van der Waals surface area contributed by atoms with E-state index < -0.39 is 47.0 Å². The van der Waals surface area contributed by atoms with Gasteiger partial charge in [0.05, 0.1) is 0 Å². The van der Waals surface area contributed by atoms with Crippen LogP contribution in [0.2, 0.25) is 0 Å². The van der Waals surface area contributed by atoms with Crippen LogP contribution in [0.5, 0.6) is 0 Å². The van der Waals surface area contributed by atoms with Crippen molar-refractivity contribution in [2.45, 2.75) is 77.7 Å². The quantitative estimate of drug-likeness (QED) is 0.364. The summed E-state index contributed by atoms with van der Waals surface area (Å²) in [4.78, 5) is 50.8. The van der Waals surface area contributed by atoms with E-state index in [4.69, 9.17) is 9.47 Å². The highest BCUT2D eigenvalue weighted by Crippen LogP contribution is 2.13. The molecule has 0 aromatic heterocycles. The van der Waals surface area contributed by atoms with Gasteiger partial charge in [-0.05, 0) is 52.7 Å². The molecule has 0 aliphatic carbocycles. The summed E-state index contributed by atoms with van der Waals surface area (Å²) in [5.74, 6) is -2.46. The van der Waals surface area contributed by atoms with Gasteiger partial charge in [0.2, 0.25) is 11.8 Å². The van der Waals surface area contributed by atoms with Gasteiger partial charge >= 0.3 is 11.9 Å². The van der Waals surface area contributed by atoms with E-state index in [1.54, 1.807) is 41.5 Å². The van der Waals surface area contributed by atoms with Crippen LogP contribution in [0.4, 0.5) is 0 Å². The SMILES string of the molecule is CC(C)(C)OC(=O)C(Cc1ccccc1)NC(=O)C=CC(=O)NC(Cc1ccccc1)C(=O)OC(C)(C)C. The molecule has 2 amide bonds. The number of rotatable bonds is 10. The van der Waals surface area contributed by atoms with Gasteiger partial charge in [-0.3, -0.25) is 9.59 Å².